The van der Waals surface area contributed by atoms with Gasteiger partial charge in [-0.3, -0.25) is 4.79 Å². The van der Waals surface area contributed by atoms with Crippen LogP contribution in [0, 0.1) is 0 Å². The van der Waals surface area contributed by atoms with Crippen LogP contribution in [0.15, 0.2) is 12.1 Å². The van der Waals surface area contributed by atoms with E-state index in [9.17, 15) is 23.1 Å². The molecule has 3 N–H and O–H groups in total. The molecule has 1 fully saturated rings. The summed E-state index contributed by atoms with van der Waals surface area (Å²) in [6.07, 6.45) is -2.57. The maximum absolute atomic E-state index is 13.2. The first-order valence-electron chi connectivity index (χ1n) is 7.65. The van der Waals surface area contributed by atoms with Crippen molar-refractivity contribution in [2.24, 2.45) is 0 Å². The minimum atomic E-state index is -4.56. The molecule has 0 bridgehead atoms. The fraction of sp³-hybridized carbons (Fsp3) is 0.562. The zero-order valence-electron chi connectivity index (χ0n) is 12.8. The van der Waals surface area contributed by atoms with Crippen LogP contribution in [0.1, 0.15) is 59.3 Å². The lowest BCUT2D eigenvalue weighted by Crippen LogP contribution is -2.49. The molecule has 1 unspecified atom stereocenters. The smallest absolute Gasteiger partial charge is 0.387 e. The Morgan fingerprint density at radius 3 is 2.65 bits per heavy atom. The summed E-state index contributed by atoms with van der Waals surface area (Å²) in [6, 6.07) is 2.32. The van der Waals surface area contributed by atoms with Gasteiger partial charge in [-0.25, -0.2) is 0 Å². The zero-order chi connectivity index (χ0) is 16.8. The molecule has 0 radical (unpaired) electrons. The fourth-order valence-corrected chi connectivity index (χ4v) is 3.14. The summed E-state index contributed by atoms with van der Waals surface area (Å²) in [4.78, 5) is 11.7. The molecule has 1 aromatic carbocycles. The number of aliphatic hydroxyl groups is 1. The summed E-state index contributed by atoms with van der Waals surface area (Å²) < 4.78 is 39.6. The van der Waals surface area contributed by atoms with Gasteiger partial charge in [-0.1, -0.05) is 0 Å². The Balaban J connectivity index is 1.87. The number of fused-ring (bicyclic) bond motifs is 1. The third kappa shape index (κ3) is 3.07. The molecule has 0 saturated heterocycles. The van der Waals surface area contributed by atoms with Crippen molar-refractivity contribution in [1.29, 1.82) is 0 Å². The van der Waals surface area contributed by atoms with Crippen molar-refractivity contribution in [2.45, 2.75) is 50.6 Å². The highest BCUT2D eigenvalue weighted by atomic mass is 19.4. The standard InChI is InChI=1S/C16H19F3N2O2/c1-15(3-2-4-15)21-8-13(22)9-5-10-11(7-20-14(10)23)12(6-9)16(17,18)19/h5-6,13,21-22H,2-4,7-8H2,1H3,(H,20,23). The summed E-state index contributed by atoms with van der Waals surface area (Å²) in [5.41, 5.74) is -0.830. The van der Waals surface area contributed by atoms with Gasteiger partial charge in [0.15, 0.2) is 0 Å². The van der Waals surface area contributed by atoms with E-state index >= 15 is 0 Å². The Labute approximate surface area is 132 Å². The van der Waals surface area contributed by atoms with E-state index in [4.69, 9.17) is 0 Å². The largest absolute Gasteiger partial charge is 0.416 e. The summed E-state index contributed by atoms with van der Waals surface area (Å²) >= 11 is 0. The molecule has 1 aliphatic carbocycles. The second kappa shape index (κ2) is 5.49. The number of alkyl halides is 3. The molecule has 1 aliphatic heterocycles. The van der Waals surface area contributed by atoms with Crippen molar-refractivity contribution in [3.8, 4) is 0 Å². The van der Waals surface area contributed by atoms with Gasteiger partial charge in [0.05, 0.1) is 11.7 Å². The second-order valence-electron chi connectivity index (χ2n) is 6.59. The van der Waals surface area contributed by atoms with Gasteiger partial charge in [-0.15, -0.1) is 0 Å². The first kappa shape index (κ1) is 16.3. The van der Waals surface area contributed by atoms with E-state index in [2.05, 4.69) is 10.6 Å². The lowest BCUT2D eigenvalue weighted by Gasteiger charge is -2.40. The van der Waals surface area contributed by atoms with Crippen molar-refractivity contribution in [2.75, 3.05) is 6.54 Å². The maximum Gasteiger partial charge on any atom is 0.416 e. The molecule has 23 heavy (non-hydrogen) atoms. The topological polar surface area (TPSA) is 61.4 Å². The van der Waals surface area contributed by atoms with Gasteiger partial charge < -0.3 is 15.7 Å². The maximum atomic E-state index is 13.2. The van der Waals surface area contributed by atoms with Gasteiger partial charge in [-0.2, -0.15) is 13.2 Å². The highest BCUT2D eigenvalue weighted by Crippen LogP contribution is 2.37. The van der Waals surface area contributed by atoms with E-state index in [1.165, 1.54) is 6.07 Å². The molecule has 4 nitrogen and oxygen atoms in total. The summed E-state index contributed by atoms with van der Waals surface area (Å²) in [7, 11) is 0. The van der Waals surface area contributed by atoms with E-state index in [-0.39, 0.29) is 35.3 Å². The van der Waals surface area contributed by atoms with Crippen LogP contribution in [0.2, 0.25) is 0 Å². The second-order valence-corrected chi connectivity index (χ2v) is 6.59. The number of nitrogens with one attached hydrogen (secondary N) is 2. The van der Waals surface area contributed by atoms with Gasteiger partial charge in [0, 0.05) is 24.2 Å². The molecule has 0 spiro atoms. The molecule has 1 heterocycles. The van der Waals surface area contributed by atoms with E-state index in [1.807, 2.05) is 6.92 Å². The predicted molar refractivity (Wildman–Crippen MR) is 77.8 cm³/mol. The highest BCUT2D eigenvalue weighted by molar-refractivity contribution is 5.99. The zero-order valence-corrected chi connectivity index (χ0v) is 12.8. The highest BCUT2D eigenvalue weighted by Gasteiger charge is 2.38. The Bertz CT molecular complexity index is 639. The Morgan fingerprint density at radius 2 is 2.09 bits per heavy atom. The van der Waals surface area contributed by atoms with E-state index in [0.29, 0.717) is 0 Å². The first-order valence-corrected chi connectivity index (χ1v) is 7.65. The lowest BCUT2D eigenvalue weighted by molar-refractivity contribution is -0.138. The number of aliphatic hydroxyl groups excluding tert-OH is 1. The summed E-state index contributed by atoms with van der Waals surface area (Å²) in [6.45, 7) is 2.06. The van der Waals surface area contributed by atoms with Crippen LogP contribution in [0.3, 0.4) is 0 Å². The monoisotopic (exact) mass is 328 g/mol. The van der Waals surface area contributed by atoms with Crippen molar-refractivity contribution in [1.82, 2.24) is 10.6 Å². The van der Waals surface area contributed by atoms with Crippen LogP contribution in [0.4, 0.5) is 13.2 Å². The molecular formula is C16H19F3N2O2. The average Bonchev–Trinajstić information content (AvgIpc) is 2.82. The lowest BCUT2D eigenvalue weighted by atomic mass is 9.78. The Morgan fingerprint density at radius 1 is 1.39 bits per heavy atom. The summed E-state index contributed by atoms with van der Waals surface area (Å²) in [5.74, 6) is -0.529. The van der Waals surface area contributed by atoms with Gasteiger partial charge >= 0.3 is 6.18 Å². The predicted octanol–water partition coefficient (Wildman–Crippen LogP) is 2.51. The number of β-amino-alcohol motifs (C(OH)–C–C–N with tert-alkyl or cyclic N) is 1. The van der Waals surface area contributed by atoms with E-state index in [0.717, 1.165) is 25.3 Å². The normalized spacial score (nSPS) is 20.7. The van der Waals surface area contributed by atoms with Gasteiger partial charge in [0.1, 0.15) is 0 Å². The molecule has 2 aliphatic rings. The number of hydrogen-bond acceptors (Lipinski definition) is 3. The molecule has 0 aromatic heterocycles. The van der Waals surface area contributed by atoms with Crippen LogP contribution in [0.5, 0.6) is 0 Å². The van der Waals surface area contributed by atoms with Crippen LogP contribution < -0.4 is 10.6 Å². The van der Waals surface area contributed by atoms with E-state index in [1.54, 1.807) is 0 Å². The number of halogens is 3. The number of benzene rings is 1. The Kier molecular flexibility index (Phi) is 3.88. The van der Waals surface area contributed by atoms with Crippen LogP contribution in [-0.4, -0.2) is 23.1 Å². The molecule has 126 valence electrons. The van der Waals surface area contributed by atoms with Crippen LogP contribution >= 0.6 is 0 Å². The van der Waals surface area contributed by atoms with Gasteiger partial charge in [0.2, 0.25) is 0 Å². The summed E-state index contributed by atoms with van der Waals surface area (Å²) in [5, 5.41) is 15.9. The van der Waals surface area contributed by atoms with Crippen molar-refractivity contribution < 1.29 is 23.1 Å². The van der Waals surface area contributed by atoms with Crippen molar-refractivity contribution in [3.63, 3.8) is 0 Å². The Hall–Kier alpha value is -1.60. The molecule has 1 atom stereocenters. The minimum Gasteiger partial charge on any atom is -0.387 e. The quantitative estimate of drug-likeness (QED) is 0.796. The van der Waals surface area contributed by atoms with Crippen molar-refractivity contribution in [3.05, 3.63) is 34.4 Å². The average molecular weight is 328 g/mol. The molecule has 1 amide bonds. The SMILES string of the molecule is CC1(NCC(O)c2cc3c(c(C(F)(F)F)c2)CNC3=O)CCC1. The first-order chi connectivity index (χ1) is 10.7. The van der Waals surface area contributed by atoms with Crippen LogP contribution in [0.25, 0.3) is 0 Å². The van der Waals surface area contributed by atoms with E-state index < -0.39 is 23.8 Å². The van der Waals surface area contributed by atoms with Crippen LogP contribution in [-0.2, 0) is 12.7 Å². The number of rotatable bonds is 4. The number of amides is 1. The number of carbonyl (C=O) groups is 1. The van der Waals surface area contributed by atoms with Gasteiger partial charge in [-0.05, 0) is 49.4 Å². The third-order valence-corrected chi connectivity index (χ3v) is 4.81. The fourth-order valence-electron chi connectivity index (χ4n) is 3.14. The molecule has 3 rings (SSSR count). The number of carbonyl (C=O) groups excluding carboxylic acids is 1. The number of hydrogen-bond donors (Lipinski definition) is 3. The van der Waals surface area contributed by atoms with Gasteiger partial charge in [0.25, 0.3) is 5.91 Å². The van der Waals surface area contributed by atoms with Crippen molar-refractivity contribution >= 4 is 5.91 Å². The molecular weight excluding hydrogens is 309 g/mol. The minimum absolute atomic E-state index is 0.00345. The molecule has 1 aromatic rings. The molecule has 7 heteroatoms. The molecule has 1 saturated carbocycles. The third-order valence-electron chi connectivity index (χ3n) is 4.81.